The molecule has 1 fully saturated rings. The van der Waals surface area contributed by atoms with Crippen LogP contribution >= 0.6 is 0 Å². The Kier molecular flexibility index (Phi) is 2.49. The van der Waals surface area contributed by atoms with E-state index in [0.717, 1.165) is 12.1 Å². The first kappa shape index (κ1) is 8.94. The summed E-state index contributed by atoms with van der Waals surface area (Å²) in [6.07, 6.45) is 0.669. The van der Waals surface area contributed by atoms with Gasteiger partial charge in [0.1, 0.15) is 6.10 Å². The van der Waals surface area contributed by atoms with E-state index < -0.39 is 14.2 Å². The average molecular weight is 172 g/mol. The van der Waals surface area contributed by atoms with Crippen LogP contribution in [-0.4, -0.2) is 25.1 Å². The van der Waals surface area contributed by atoms with Crippen LogP contribution in [0.1, 0.15) is 12.8 Å². The topological polar surface area (TPSA) is 37.3 Å². The highest BCUT2D eigenvalue weighted by Crippen LogP contribution is 2.25. The first-order chi connectivity index (χ1) is 5.01. The minimum atomic E-state index is -1.11. The van der Waals surface area contributed by atoms with E-state index in [9.17, 15) is 9.90 Å². The van der Waals surface area contributed by atoms with Crippen LogP contribution < -0.4 is 0 Å². The Morgan fingerprint density at radius 2 is 2.09 bits per heavy atom. The van der Waals surface area contributed by atoms with Crippen LogP contribution in [-0.2, 0) is 4.79 Å². The first-order valence-electron chi connectivity index (χ1n) is 4.22. The van der Waals surface area contributed by atoms with Crippen LogP contribution in [0.5, 0.6) is 0 Å². The monoisotopic (exact) mass is 172 g/mol. The zero-order valence-electron chi connectivity index (χ0n) is 7.26. The third-order valence-electron chi connectivity index (χ3n) is 2.51. The summed E-state index contributed by atoms with van der Waals surface area (Å²) in [5, 5.41) is 9.26. The molecule has 11 heavy (non-hydrogen) atoms. The van der Waals surface area contributed by atoms with Gasteiger partial charge in [-0.25, -0.2) is 0 Å². The lowest BCUT2D eigenvalue weighted by Gasteiger charge is -2.17. The van der Waals surface area contributed by atoms with E-state index in [4.69, 9.17) is 0 Å². The van der Waals surface area contributed by atoms with Crippen molar-refractivity contribution in [3.8, 4) is 0 Å². The molecule has 0 bridgehead atoms. The minimum Gasteiger partial charge on any atom is -0.385 e. The van der Waals surface area contributed by atoms with E-state index >= 15 is 0 Å². The summed E-state index contributed by atoms with van der Waals surface area (Å²) in [5.41, 5.74) is 0. The van der Waals surface area contributed by atoms with Crippen molar-refractivity contribution in [1.29, 1.82) is 0 Å². The molecule has 0 saturated carbocycles. The maximum absolute atomic E-state index is 11.1. The van der Waals surface area contributed by atoms with Crippen molar-refractivity contribution in [2.24, 2.45) is 0 Å². The molecule has 0 aliphatic carbocycles. The number of carbonyl (C=O) groups excluding carboxylic acids is 1. The van der Waals surface area contributed by atoms with E-state index in [1.54, 1.807) is 0 Å². The Hall–Kier alpha value is -0.153. The number of aliphatic hydroxyl groups excluding tert-OH is 1. The maximum atomic E-state index is 11.1. The summed E-state index contributed by atoms with van der Waals surface area (Å²) in [5.74, 6) is 0.0584. The summed E-state index contributed by atoms with van der Waals surface area (Å²) in [7, 11) is -1.11. The van der Waals surface area contributed by atoms with Crippen LogP contribution in [0.3, 0.4) is 0 Å². The van der Waals surface area contributed by atoms with E-state index in [1.807, 2.05) is 0 Å². The molecule has 1 aliphatic heterocycles. The van der Waals surface area contributed by atoms with Gasteiger partial charge in [0, 0.05) is 14.5 Å². The third kappa shape index (κ3) is 2.41. The second kappa shape index (κ2) is 3.07. The van der Waals surface area contributed by atoms with E-state index in [-0.39, 0.29) is 5.78 Å². The number of rotatable bonds is 0. The zero-order chi connectivity index (χ0) is 8.48. The molecule has 1 heterocycles. The third-order valence-corrected chi connectivity index (χ3v) is 5.76. The summed E-state index contributed by atoms with van der Waals surface area (Å²) in [6.45, 7) is 4.58. The lowest BCUT2D eigenvalue weighted by molar-refractivity contribution is -0.126. The molecule has 0 spiro atoms. The first-order valence-corrected chi connectivity index (χ1v) is 7.63. The Morgan fingerprint density at radius 3 is 2.73 bits per heavy atom. The summed E-state index contributed by atoms with van der Waals surface area (Å²) < 4.78 is 0. The minimum absolute atomic E-state index is 0.0584. The van der Waals surface area contributed by atoms with Crippen LogP contribution in [0.25, 0.3) is 0 Å². The normalized spacial score (nSPS) is 31.5. The predicted molar refractivity (Wildman–Crippen MR) is 47.3 cm³/mol. The average Bonchev–Trinajstić information content (AvgIpc) is 2.03. The van der Waals surface area contributed by atoms with Crippen LogP contribution in [0.4, 0.5) is 0 Å². The van der Waals surface area contributed by atoms with Gasteiger partial charge in [0.2, 0.25) is 0 Å². The largest absolute Gasteiger partial charge is 0.385 e. The molecular weight excluding hydrogens is 156 g/mol. The standard InChI is InChI=1S/C8H16O2Si/c1-11(2)5-3-7(9)8(10)4-6-11/h7,9H,3-6H2,1-2H3. The highest BCUT2D eigenvalue weighted by Gasteiger charge is 2.29. The summed E-state index contributed by atoms with van der Waals surface area (Å²) >= 11 is 0. The molecular formula is C8H16O2Si. The van der Waals surface area contributed by atoms with Crippen molar-refractivity contribution < 1.29 is 9.90 Å². The Labute approximate surface area is 68.6 Å². The molecule has 1 rings (SSSR count). The SMILES string of the molecule is C[Si]1(C)CCC(=O)C(O)CC1. The van der Waals surface area contributed by atoms with Crippen LogP contribution in [0.15, 0.2) is 0 Å². The fourth-order valence-electron chi connectivity index (χ4n) is 1.44. The zero-order valence-corrected chi connectivity index (χ0v) is 8.26. The molecule has 0 aromatic carbocycles. The smallest absolute Gasteiger partial charge is 0.160 e. The second-order valence-electron chi connectivity index (χ2n) is 4.18. The fourth-order valence-corrected chi connectivity index (χ4v) is 3.67. The van der Waals surface area contributed by atoms with Crippen molar-refractivity contribution >= 4 is 13.9 Å². The molecule has 0 radical (unpaired) electrons. The number of carbonyl (C=O) groups is 1. The van der Waals surface area contributed by atoms with Gasteiger partial charge in [0.25, 0.3) is 0 Å². The van der Waals surface area contributed by atoms with E-state index in [2.05, 4.69) is 13.1 Å². The van der Waals surface area contributed by atoms with Gasteiger partial charge in [-0.15, -0.1) is 0 Å². The molecule has 1 atom stereocenters. The molecule has 0 amide bonds. The Bertz CT molecular complexity index is 165. The van der Waals surface area contributed by atoms with Gasteiger partial charge in [0.15, 0.2) is 5.78 Å². The number of aliphatic hydroxyl groups is 1. The second-order valence-corrected chi connectivity index (χ2v) is 9.51. The van der Waals surface area contributed by atoms with Crippen molar-refractivity contribution in [2.45, 2.75) is 44.1 Å². The molecule has 2 nitrogen and oxygen atoms in total. The molecule has 1 aliphatic rings. The molecule has 1 unspecified atom stereocenters. The molecule has 0 aromatic heterocycles. The van der Waals surface area contributed by atoms with Crippen LogP contribution in [0.2, 0.25) is 25.2 Å². The van der Waals surface area contributed by atoms with Crippen molar-refractivity contribution in [3.05, 3.63) is 0 Å². The molecule has 1 saturated heterocycles. The van der Waals surface area contributed by atoms with E-state index in [1.165, 1.54) is 0 Å². The van der Waals surface area contributed by atoms with Crippen molar-refractivity contribution in [3.63, 3.8) is 0 Å². The van der Waals surface area contributed by atoms with Gasteiger partial charge in [0.05, 0.1) is 0 Å². The summed E-state index contributed by atoms with van der Waals surface area (Å²) in [6, 6.07) is 2.16. The number of hydrogen-bond acceptors (Lipinski definition) is 2. The maximum Gasteiger partial charge on any atom is 0.160 e. The van der Waals surface area contributed by atoms with Gasteiger partial charge in [-0.05, 0) is 6.42 Å². The molecule has 0 aromatic rings. The highest BCUT2D eigenvalue weighted by atomic mass is 28.3. The quantitative estimate of drug-likeness (QED) is 0.561. The molecule has 1 N–H and O–H groups in total. The fraction of sp³-hybridized carbons (Fsp3) is 0.875. The van der Waals surface area contributed by atoms with Crippen LogP contribution in [0, 0.1) is 0 Å². The van der Waals surface area contributed by atoms with Crippen molar-refractivity contribution in [1.82, 2.24) is 0 Å². The molecule has 3 heteroatoms. The van der Waals surface area contributed by atoms with Crippen molar-refractivity contribution in [2.75, 3.05) is 0 Å². The predicted octanol–water partition coefficient (Wildman–Crippen LogP) is 1.42. The summed E-state index contributed by atoms with van der Waals surface area (Å²) in [4.78, 5) is 11.1. The van der Waals surface area contributed by atoms with Gasteiger partial charge in [-0.2, -0.15) is 0 Å². The lowest BCUT2D eigenvalue weighted by Crippen LogP contribution is -2.23. The van der Waals surface area contributed by atoms with E-state index in [0.29, 0.717) is 12.8 Å². The Morgan fingerprint density at radius 1 is 1.45 bits per heavy atom. The number of Topliss-reactive ketones (excluding diaryl/α,β-unsaturated/α-hetero) is 1. The highest BCUT2D eigenvalue weighted by molar-refractivity contribution is 6.77. The van der Waals surface area contributed by atoms with Gasteiger partial charge in [-0.1, -0.05) is 25.2 Å². The Balaban J connectivity index is 2.58. The molecule has 64 valence electrons. The van der Waals surface area contributed by atoms with Gasteiger partial charge >= 0.3 is 0 Å². The van der Waals surface area contributed by atoms with Gasteiger partial charge in [-0.3, -0.25) is 4.79 Å². The number of hydrogen-bond donors (Lipinski definition) is 1. The lowest BCUT2D eigenvalue weighted by atomic mass is 10.1. The van der Waals surface area contributed by atoms with Gasteiger partial charge < -0.3 is 5.11 Å². The number of ketones is 1.